The number of fused-ring (bicyclic) bond motifs is 3. The molecule has 2 aromatic rings. The summed E-state index contributed by atoms with van der Waals surface area (Å²) in [4.78, 5) is 25.5. The van der Waals surface area contributed by atoms with Gasteiger partial charge in [-0.25, -0.2) is 24.0 Å². The highest BCUT2D eigenvalue weighted by atomic mass is 19.1. The zero-order valence-electron chi connectivity index (χ0n) is 16.1. The number of carbonyl (C=O) groups excluding carboxylic acids is 2. The molecule has 3 amide bonds. The number of carbonyl (C=O) groups is 2. The second kappa shape index (κ2) is 7.27. The molecule has 1 saturated heterocycles. The van der Waals surface area contributed by atoms with E-state index >= 15 is 0 Å². The first-order valence-corrected chi connectivity index (χ1v) is 9.44. The van der Waals surface area contributed by atoms with Gasteiger partial charge in [0, 0.05) is 11.5 Å². The number of benzene rings is 2. The van der Waals surface area contributed by atoms with Crippen LogP contribution in [0.15, 0.2) is 48.5 Å². The summed E-state index contributed by atoms with van der Waals surface area (Å²) in [5.74, 6) is -0.347. The van der Waals surface area contributed by atoms with Gasteiger partial charge in [-0.1, -0.05) is 30.3 Å². The molecule has 2 N–H and O–H groups in total. The first-order valence-electron chi connectivity index (χ1n) is 9.44. The van der Waals surface area contributed by atoms with Crippen molar-refractivity contribution in [3.05, 3.63) is 65.5 Å². The molecule has 0 radical (unpaired) electrons. The molecule has 0 bridgehead atoms. The molecule has 2 aromatic carbocycles. The first kappa shape index (κ1) is 19.0. The van der Waals surface area contributed by atoms with Gasteiger partial charge in [0.15, 0.2) is 0 Å². The molecule has 152 valence electrons. The van der Waals surface area contributed by atoms with Gasteiger partial charge < -0.3 is 15.2 Å². The number of nitrogens with two attached hydrogens (primary N) is 1. The molecule has 0 aromatic heterocycles. The van der Waals surface area contributed by atoms with E-state index in [1.807, 2.05) is 30.3 Å². The van der Waals surface area contributed by atoms with Crippen molar-refractivity contribution >= 4 is 12.1 Å². The number of hydrogen-bond donors (Lipinski definition) is 1. The fourth-order valence-electron chi connectivity index (χ4n) is 4.16. The van der Waals surface area contributed by atoms with E-state index in [-0.39, 0.29) is 12.5 Å². The lowest BCUT2D eigenvalue weighted by atomic mass is 9.84. The van der Waals surface area contributed by atoms with Crippen LogP contribution >= 0.6 is 0 Å². The van der Waals surface area contributed by atoms with Gasteiger partial charge in [-0.2, -0.15) is 0 Å². The maximum atomic E-state index is 14.0. The average molecular weight is 399 g/mol. The zero-order chi connectivity index (χ0) is 20.7. The fraction of sp³-hybridized carbons (Fsp3) is 0.333. The van der Waals surface area contributed by atoms with E-state index in [1.165, 1.54) is 28.2 Å². The maximum Gasteiger partial charge on any atom is 0.429 e. The molecule has 29 heavy (non-hydrogen) atoms. The second-order valence-corrected chi connectivity index (χ2v) is 7.42. The summed E-state index contributed by atoms with van der Waals surface area (Å²) in [6, 6.07) is 11.4. The van der Waals surface area contributed by atoms with Crippen molar-refractivity contribution in [1.29, 1.82) is 0 Å². The zero-order valence-corrected chi connectivity index (χ0v) is 16.1. The molecule has 3 atom stereocenters. The van der Waals surface area contributed by atoms with E-state index in [4.69, 9.17) is 15.2 Å². The van der Waals surface area contributed by atoms with Gasteiger partial charge in [-0.3, -0.25) is 0 Å². The van der Waals surface area contributed by atoms with E-state index in [2.05, 4.69) is 0 Å². The van der Waals surface area contributed by atoms with Crippen molar-refractivity contribution in [2.24, 2.45) is 11.7 Å². The molecule has 1 fully saturated rings. The van der Waals surface area contributed by atoms with E-state index < -0.39 is 36.1 Å². The summed E-state index contributed by atoms with van der Waals surface area (Å²) in [5, 5.41) is 2.42. The summed E-state index contributed by atoms with van der Waals surface area (Å²) in [6.45, 7) is 3.68. The molecular weight excluding hydrogens is 377 g/mol. The van der Waals surface area contributed by atoms with E-state index in [9.17, 15) is 14.0 Å². The lowest BCUT2D eigenvalue weighted by Crippen LogP contribution is -2.49. The smallest absolute Gasteiger partial charge is 0.429 e. The molecule has 1 unspecified atom stereocenters. The maximum absolute atomic E-state index is 14.0. The molecule has 0 aliphatic carbocycles. The minimum Gasteiger partial charge on any atom is -0.493 e. The highest BCUT2D eigenvalue weighted by molar-refractivity contribution is 5.79. The standard InChI is InChI=1S/C21H22FN3O4/c1-12(2)29-21(27)25-18(13-6-4-3-5-7-13)16-11-28-17-9-8-14(22)10-15(17)19(16)24(25)20(23)26/h3-10,12,16,18-19H,11H2,1-2H3,(H2,23,26)/t16-,18+,19?/m0/s1. The van der Waals surface area contributed by atoms with Gasteiger partial charge in [-0.15, -0.1) is 0 Å². The SMILES string of the molecule is CC(C)OC(=O)N1[C@H](c2ccccc2)[C@@H]2COc3ccc(F)cc3C2N1C(N)=O. The molecule has 4 rings (SSSR count). The number of halogens is 1. The van der Waals surface area contributed by atoms with Crippen LogP contribution in [0.4, 0.5) is 14.0 Å². The molecule has 0 spiro atoms. The third-order valence-electron chi connectivity index (χ3n) is 5.18. The Balaban J connectivity index is 1.88. The van der Waals surface area contributed by atoms with E-state index in [0.717, 1.165) is 5.56 Å². The highest BCUT2D eigenvalue weighted by Crippen LogP contribution is 2.53. The number of amides is 3. The third-order valence-corrected chi connectivity index (χ3v) is 5.18. The minimum absolute atomic E-state index is 0.234. The van der Waals surface area contributed by atoms with Gasteiger partial charge in [0.25, 0.3) is 0 Å². The Bertz CT molecular complexity index is 937. The summed E-state index contributed by atoms with van der Waals surface area (Å²) in [7, 11) is 0. The monoisotopic (exact) mass is 399 g/mol. The van der Waals surface area contributed by atoms with Gasteiger partial charge >= 0.3 is 12.1 Å². The number of ether oxygens (including phenoxy) is 2. The van der Waals surface area contributed by atoms with Crippen LogP contribution in [0.5, 0.6) is 5.75 Å². The molecule has 7 nitrogen and oxygen atoms in total. The van der Waals surface area contributed by atoms with Crippen molar-refractivity contribution in [3.63, 3.8) is 0 Å². The van der Waals surface area contributed by atoms with Crippen molar-refractivity contribution in [3.8, 4) is 5.75 Å². The fourth-order valence-corrected chi connectivity index (χ4v) is 4.16. The van der Waals surface area contributed by atoms with Crippen molar-refractivity contribution in [1.82, 2.24) is 10.0 Å². The second-order valence-electron chi connectivity index (χ2n) is 7.42. The molecule has 2 aliphatic rings. The Hall–Kier alpha value is -3.29. The lowest BCUT2D eigenvalue weighted by Gasteiger charge is -2.33. The van der Waals surface area contributed by atoms with E-state index in [0.29, 0.717) is 11.3 Å². The van der Waals surface area contributed by atoms with Crippen LogP contribution in [0.25, 0.3) is 0 Å². The van der Waals surface area contributed by atoms with Crippen LogP contribution in [0.3, 0.4) is 0 Å². The Morgan fingerprint density at radius 1 is 1.14 bits per heavy atom. The molecule has 0 saturated carbocycles. The van der Waals surface area contributed by atoms with Crippen LogP contribution in [0.2, 0.25) is 0 Å². The summed E-state index contributed by atoms with van der Waals surface area (Å²) in [6.07, 6.45) is -1.09. The van der Waals surface area contributed by atoms with Crippen LogP contribution in [0, 0.1) is 11.7 Å². The van der Waals surface area contributed by atoms with Crippen LogP contribution < -0.4 is 10.5 Å². The largest absolute Gasteiger partial charge is 0.493 e. The summed E-state index contributed by atoms with van der Waals surface area (Å²) >= 11 is 0. The molecular formula is C21H22FN3O4. The van der Waals surface area contributed by atoms with Crippen molar-refractivity contribution in [2.75, 3.05) is 6.61 Å². The molecule has 2 heterocycles. The lowest BCUT2D eigenvalue weighted by molar-refractivity contribution is -0.00596. The first-order chi connectivity index (χ1) is 13.9. The normalized spacial score (nSPS) is 22.7. The van der Waals surface area contributed by atoms with Gasteiger partial charge in [0.2, 0.25) is 0 Å². The van der Waals surface area contributed by atoms with E-state index in [1.54, 1.807) is 13.8 Å². The predicted octanol–water partition coefficient (Wildman–Crippen LogP) is 3.77. The summed E-state index contributed by atoms with van der Waals surface area (Å²) in [5.41, 5.74) is 6.98. The molecule has 2 aliphatic heterocycles. The number of hydrazine groups is 1. The minimum atomic E-state index is -0.823. The number of primary amides is 1. The third kappa shape index (κ3) is 3.24. The Labute approximate surface area is 167 Å². The number of rotatable bonds is 2. The predicted molar refractivity (Wildman–Crippen MR) is 102 cm³/mol. The van der Waals surface area contributed by atoms with Crippen LogP contribution in [-0.4, -0.2) is 34.9 Å². The molecule has 8 heteroatoms. The van der Waals surface area contributed by atoms with Gasteiger partial charge in [0.05, 0.1) is 24.8 Å². The van der Waals surface area contributed by atoms with Gasteiger partial charge in [-0.05, 0) is 37.6 Å². The quantitative estimate of drug-likeness (QED) is 0.833. The van der Waals surface area contributed by atoms with Crippen molar-refractivity contribution < 1.29 is 23.5 Å². The summed E-state index contributed by atoms with van der Waals surface area (Å²) < 4.78 is 25.3. The number of nitrogens with zero attached hydrogens (tertiary/aromatic N) is 2. The van der Waals surface area contributed by atoms with Crippen LogP contribution in [0.1, 0.15) is 37.1 Å². The Morgan fingerprint density at radius 2 is 1.86 bits per heavy atom. The highest BCUT2D eigenvalue weighted by Gasteiger charge is 2.56. The number of urea groups is 1. The Kier molecular flexibility index (Phi) is 4.77. The number of hydrogen-bond acceptors (Lipinski definition) is 4. The van der Waals surface area contributed by atoms with Crippen molar-refractivity contribution in [2.45, 2.75) is 32.0 Å². The Morgan fingerprint density at radius 3 is 2.52 bits per heavy atom. The average Bonchev–Trinajstić information content (AvgIpc) is 3.04. The van der Waals surface area contributed by atoms with Gasteiger partial charge in [0.1, 0.15) is 11.6 Å². The van der Waals surface area contributed by atoms with Crippen LogP contribution in [-0.2, 0) is 4.74 Å². The topological polar surface area (TPSA) is 85.1 Å².